The standard InChI is InChI=1S/C12H14ClN5O/c1-17-7-8(5-15-17)9-3-2-4-18(9)10-6-14-16-12(19)11(10)13/h5-7,9H,2-4H2,1H3,(H,16,19). The molecule has 0 aromatic carbocycles. The van der Waals surface area contributed by atoms with E-state index in [0.29, 0.717) is 5.69 Å². The van der Waals surface area contributed by atoms with E-state index in [4.69, 9.17) is 11.6 Å². The number of hydrogen-bond acceptors (Lipinski definition) is 4. The molecule has 100 valence electrons. The van der Waals surface area contributed by atoms with Gasteiger partial charge in [-0.2, -0.15) is 10.2 Å². The summed E-state index contributed by atoms with van der Waals surface area (Å²) in [6, 6.07) is 0.204. The number of nitrogens with one attached hydrogen (secondary N) is 1. The van der Waals surface area contributed by atoms with Gasteiger partial charge in [0.05, 0.1) is 24.1 Å². The smallest absolute Gasteiger partial charge is 0.285 e. The summed E-state index contributed by atoms with van der Waals surface area (Å²) in [4.78, 5) is 13.7. The SMILES string of the molecule is Cn1cc(C2CCCN2c2cn[nH]c(=O)c2Cl)cn1. The van der Waals surface area contributed by atoms with E-state index in [1.165, 1.54) is 0 Å². The number of rotatable bonds is 2. The second-order valence-electron chi connectivity index (χ2n) is 4.70. The lowest BCUT2D eigenvalue weighted by Gasteiger charge is -2.26. The summed E-state index contributed by atoms with van der Waals surface area (Å²) in [5.41, 5.74) is 1.48. The number of anilines is 1. The van der Waals surface area contributed by atoms with Gasteiger partial charge < -0.3 is 4.90 Å². The van der Waals surface area contributed by atoms with E-state index in [1.54, 1.807) is 10.9 Å². The van der Waals surface area contributed by atoms with Crippen LogP contribution in [-0.2, 0) is 7.05 Å². The van der Waals surface area contributed by atoms with Gasteiger partial charge in [0.15, 0.2) is 0 Å². The number of hydrogen-bond donors (Lipinski definition) is 1. The molecule has 7 heteroatoms. The van der Waals surface area contributed by atoms with Crippen molar-refractivity contribution in [3.8, 4) is 0 Å². The lowest BCUT2D eigenvalue weighted by molar-refractivity contribution is 0.712. The summed E-state index contributed by atoms with van der Waals surface area (Å²) in [5, 5.41) is 10.6. The molecule has 6 nitrogen and oxygen atoms in total. The Morgan fingerprint density at radius 3 is 3.05 bits per heavy atom. The zero-order chi connectivity index (χ0) is 13.4. The fraction of sp³-hybridized carbons (Fsp3) is 0.417. The predicted molar refractivity (Wildman–Crippen MR) is 72.4 cm³/mol. The molecule has 3 heterocycles. The predicted octanol–water partition coefficient (Wildman–Crippen LogP) is 1.50. The Hall–Kier alpha value is -1.82. The monoisotopic (exact) mass is 279 g/mol. The molecular formula is C12H14ClN5O. The van der Waals surface area contributed by atoms with Gasteiger partial charge in [0.1, 0.15) is 5.02 Å². The van der Waals surface area contributed by atoms with E-state index in [1.807, 2.05) is 19.4 Å². The van der Waals surface area contributed by atoms with Crippen molar-refractivity contribution in [3.63, 3.8) is 0 Å². The van der Waals surface area contributed by atoms with Crippen LogP contribution in [0.2, 0.25) is 5.02 Å². The minimum absolute atomic E-state index is 0.200. The molecule has 2 aromatic rings. The number of aryl methyl sites for hydroxylation is 1. The Labute approximate surface area is 115 Å². The van der Waals surface area contributed by atoms with Gasteiger partial charge in [0, 0.05) is 25.4 Å². The van der Waals surface area contributed by atoms with Crippen molar-refractivity contribution in [3.05, 3.63) is 39.5 Å². The molecule has 1 aliphatic rings. The van der Waals surface area contributed by atoms with Gasteiger partial charge in [-0.15, -0.1) is 0 Å². The van der Waals surface area contributed by atoms with Crippen molar-refractivity contribution in [1.82, 2.24) is 20.0 Å². The third-order valence-corrected chi connectivity index (χ3v) is 3.81. The number of aromatic amines is 1. The molecule has 0 radical (unpaired) electrons. The summed E-state index contributed by atoms with van der Waals surface area (Å²) in [6.45, 7) is 0.865. The summed E-state index contributed by atoms with van der Waals surface area (Å²) in [5.74, 6) is 0. The van der Waals surface area contributed by atoms with Crippen molar-refractivity contribution >= 4 is 17.3 Å². The van der Waals surface area contributed by atoms with Crippen LogP contribution in [0.5, 0.6) is 0 Å². The Balaban J connectivity index is 1.99. The molecule has 1 aliphatic heterocycles. The fourth-order valence-corrected chi connectivity index (χ4v) is 2.79. The number of H-pyrrole nitrogens is 1. The zero-order valence-corrected chi connectivity index (χ0v) is 11.3. The zero-order valence-electron chi connectivity index (χ0n) is 10.5. The quantitative estimate of drug-likeness (QED) is 0.905. The molecule has 1 unspecified atom stereocenters. The molecule has 0 bridgehead atoms. The first-order valence-electron chi connectivity index (χ1n) is 6.15. The third kappa shape index (κ3) is 2.12. The van der Waals surface area contributed by atoms with E-state index in [9.17, 15) is 4.79 Å². The highest BCUT2D eigenvalue weighted by Crippen LogP contribution is 2.37. The summed E-state index contributed by atoms with van der Waals surface area (Å²) < 4.78 is 1.78. The largest absolute Gasteiger partial charge is 0.362 e. The van der Waals surface area contributed by atoms with Crippen LogP contribution < -0.4 is 10.5 Å². The number of halogens is 1. The van der Waals surface area contributed by atoms with Crippen molar-refractivity contribution in [2.24, 2.45) is 7.05 Å². The Kier molecular flexibility index (Phi) is 3.02. The average Bonchev–Trinajstić information content (AvgIpc) is 3.01. The van der Waals surface area contributed by atoms with Crippen LogP contribution in [-0.4, -0.2) is 26.5 Å². The van der Waals surface area contributed by atoms with Gasteiger partial charge in [-0.25, -0.2) is 5.10 Å². The van der Waals surface area contributed by atoms with E-state index >= 15 is 0 Å². The molecule has 0 amide bonds. The van der Waals surface area contributed by atoms with Crippen LogP contribution >= 0.6 is 11.6 Å². The highest BCUT2D eigenvalue weighted by molar-refractivity contribution is 6.33. The molecule has 1 fully saturated rings. The van der Waals surface area contributed by atoms with Crippen molar-refractivity contribution in [2.45, 2.75) is 18.9 Å². The molecule has 0 aliphatic carbocycles. The van der Waals surface area contributed by atoms with Gasteiger partial charge in [0.25, 0.3) is 5.56 Å². The highest BCUT2D eigenvalue weighted by atomic mass is 35.5. The van der Waals surface area contributed by atoms with Gasteiger partial charge >= 0.3 is 0 Å². The van der Waals surface area contributed by atoms with Gasteiger partial charge in [0.2, 0.25) is 0 Å². The molecule has 1 atom stereocenters. The van der Waals surface area contributed by atoms with E-state index in [0.717, 1.165) is 24.9 Å². The Morgan fingerprint density at radius 1 is 1.47 bits per heavy atom. The minimum Gasteiger partial charge on any atom is -0.362 e. The maximum Gasteiger partial charge on any atom is 0.285 e. The van der Waals surface area contributed by atoms with Crippen LogP contribution in [0.3, 0.4) is 0 Å². The first kappa shape index (κ1) is 12.2. The van der Waals surface area contributed by atoms with Crippen LogP contribution in [0.4, 0.5) is 5.69 Å². The molecule has 1 saturated heterocycles. The highest BCUT2D eigenvalue weighted by Gasteiger charge is 2.29. The van der Waals surface area contributed by atoms with E-state index in [2.05, 4.69) is 20.2 Å². The van der Waals surface area contributed by atoms with Crippen LogP contribution in [0.15, 0.2) is 23.4 Å². The second kappa shape index (κ2) is 4.70. The Bertz CT molecular complexity index is 650. The molecule has 19 heavy (non-hydrogen) atoms. The number of aromatic nitrogens is 4. The van der Waals surface area contributed by atoms with E-state index in [-0.39, 0.29) is 16.6 Å². The summed E-state index contributed by atoms with van der Waals surface area (Å²) >= 11 is 6.09. The lowest BCUT2D eigenvalue weighted by Crippen LogP contribution is -2.25. The second-order valence-corrected chi connectivity index (χ2v) is 5.08. The molecule has 3 rings (SSSR count). The maximum atomic E-state index is 11.6. The first-order chi connectivity index (χ1) is 9.16. The van der Waals surface area contributed by atoms with Gasteiger partial charge in [-0.05, 0) is 12.8 Å². The topological polar surface area (TPSA) is 66.8 Å². The van der Waals surface area contributed by atoms with E-state index < -0.39 is 0 Å². The van der Waals surface area contributed by atoms with Gasteiger partial charge in [-0.1, -0.05) is 11.6 Å². The fourth-order valence-electron chi connectivity index (χ4n) is 2.59. The van der Waals surface area contributed by atoms with Crippen LogP contribution in [0.25, 0.3) is 0 Å². The third-order valence-electron chi connectivity index (χ3n) is 3.45. The first-order valence-corrected chi connectivity index (χ1v) is 6.53. The van der Waals surface area contributed by atoms with Gasteiger partial charge in [-0.3, -0.25) is 9.48 Å². The van der Waals surface area contributed by atoms with Crippen molar-refractivity contribution in [2.75, 3.05) is 11.4 Å². The summed E-state index contributed by atoms with van der Waals surface area (Å²) in [6.07, 6.45) is 7.55. The lowest BCUT2D eigenvalue weighted by atomic mass is 10.1. The molecule has 2 aromatic heterocycles. The summed E-state index contributed by atoms with van der Waals surface area (Å²) in [7, 11) is 1.89. The van der Waals surface area contributed by atoms with Crippen molar-refractivity contribution in [1.29, 1.82) is 0 Å². The molecule has 0 spiro atoms. The average molecular weight is 280 g/mol. The molecular weight excluding hydrogens is 266 g/mol. The molecule has 0 saturated carbocycles. The minimum atomic E-state index is -0.351. The maximum absolute atomic E-state index is 11.6. The van der Waals surface area contributed by atoms with Crippen LogP contribution in [0.1, 0.15) is 24.4 Å². The normalized spacial score (nSPS) is 19.1. The van der Waals surface area contributed by atoms with Crippen LogP contribution in [0, 0.1) is 0 Å². The Morgan fingerprint density at radius 2 is 2.32 bits per heavy atom. The number of nitrogens with zero attached hydrogens (tertiary/aromatic N) is 4. The van der Waals surface area contributed by atoms with Crippen molar-refractivity contribution < 1.29 is 0 Å². The molecule has 1 N–H and O–H groups in total.